The Balaban J connectivity index is 1.53. The maximum absolute atomic E-state index is 13.9. The van der Waals surface area contributed by atoms with Gasteiger partial charge >= 0.3 is 0 Å². The van der Waals surface area contributed by atoms with Crippen molar-refractivity contribution in [1.29, 1.82) is 0 Å². The van der Waals surface area contributed by atoms with E-state index in [0.717, 1.165) is 23.3 Å². The topological polar surface area (TPSA) is 9.23 Å². The first-order valence-electron chi connectivity index (χ1n) is 9.54. The lowest BCUT2D eigenvalue weighted by Crippen LogP contribution is -2.25. The normalized spacial score (nSPS) is 31.8. The first kappa shape index (κ1) is 16.8. The van der Waals surface area contributed by atoms with Crippen molar-refractivity contribution in [1.82, 2.24) is 0 Å². The number of hydrogen-bond donors (Lipinski definition) is 0. The molecule has 0 spiro atoms. The number of methoxy groups -OCH3 is 1. The number of halogens is 1. The molecular weight excluding hydrogens is 287 g/mol. The van der Waals surface area contributed by atoms with Crippen molar-refractivity contribution in [2.24, 2.45) is 17.8 Å². The van der Waals surface area contributed by atoms with Crippen LogP contribution in [0.3, 0.4) is 0 Å². The van der Waals surface area contributed by atoms with Crippen LogP contribution in [0.1, 0.15) is 76.2 Å². The average Bonchev–Trinajstić information content (AvgIpc) is 2.62. The second-order valence-electron chi connectivity index (χ2n) is 7.69. The summed E-state index contributed by atoms with van der Waals surface area (Å²) >= 11 is 0. The maximum atomic E-state index is 13.9. The summed E-state index contributed by atoms with van der Waals surface area (Å²) in [5.74, 6) is 3.56. The number of benzene rings is 1. The van der Waals surface area contributed by atoms with Crippen LogP contribution in [0.15, 0.2) is 18.2 Å². The van der Waals surface area contributed by atoms with E-state index in [4.69, 9.17) is 4.74 Å². The molecule has 0 atom stereocenters. The van der Waals surface area contributed by atoms with Gasteiger partial charge in [-0.25, -0.2) is 4.39 Å². The van der Waals surface area contributed by atoms with E-state index in [-0.39, 0.29) is 5.82 Å². The van der Waals surface area contributed by atoms with Crippen LogP contribution in [0, 0.1) is 23.6 Å². The fraction of sp³-hybridized carbons (Fsp3) is 0.714. The Morgan fingerprint density at radius 2 is 1.57 bits per heavy atom. The van der Waals surface area contributed by atoms with Crippen LogP contribution in [-0.4, -0.2) is 7.11 Å². The van der Waals surface area contributed by atoms with Gasteiger partial charge < -0.3 is 4.74 Å². The summed E-state index contributed by atoms with van der Waals surface area (Å²) < 4.78 is 18.9. The molecule has 2 aliphatic rings. The second-order valence-corrected chi connectivity index (χ2v) is 7.69. The highest BCUT2D eigenvalue weighted by atomic mass is 19.1. The van der Waals surface area contributed by atoms with Gasteiger partial charge in [0, 0.05) is 0 Å². The fourth-order valence-corrected chi connectivity index (χ4v) is 4.93. The second kappa shape index (κ2) is 7.68. The molecule has 3 rings (SSSR count). The highest BCUT2D eigenvalue weighted by Crippen LogP contribution is 2.44. The summed E-state index contributed by atoms with van der Waals surface area (Å²) in [7, 11) is 1.52. The van der Waals surface area contributed by atoms with Crippen LogP contribution in [-0.2, 0) is 0 Å². The zero-order chi connectivity index (χ0) is 16.2. The fourth-order valence-electron chi connectivity index (χ4n) is 4.93. The molecule has 0 aromatic heterocycles. The Bertz CT molecular complexity index is 497. The SMILES string of the molecule is CCC1CCC(C2CCC(c3ccc(OC)c(F)c3)CC2)CC1. The molecule has 23 heavy (non-hydrogen) atoms. The molecule has 1 aromatic carbocycles. The van der Waals surface area contributed by atoms with Gasteiger partial charge in [0.2, 0.25) is 0 Å². The smallest absolute Gasteiger partial charge is 0.165 e. The van der Waals surface area contributed by atoms with Crippen molar-refractivity contribution in [3.63, 3.8) is 0 Å². The van der Waals surface area contributed by atoms with Gasteiger partial charge in [0.05, 0.1) is 7.11 Å². The first-order chi connectivity index (χ1) is 11.2. The molecule has 0 radical (unpaired) electrons. The van der Waals surface area contributed by atoms with Gasteiger partial charge in [-0.15, -0.1) is 0 Å². The molecule has 0 bridgehead atoms. The zero-order valence-electron chi connectivity index (χ0n) is 14.7. The molecule has 0 saturated heterocycles. The van der Waals surface area contributed by atoms with E-state index in [1.807, 2.05) is 0 Å². The van der Waals surface area contributed by atoms with Crippen LogP contribution in [0.2, 0.25) is 0 Å². The minimum atomic E-state index is -0.218. The molecule has 128 valence electrons. The minimum Gasteiger partial charge on any atom is -0.494 e. The summed E-state index contributed by atoms with van der Waals surface area (Å²) in [6, 6.07) is 5.53. The molecule has 1 aromatic rings. The Morgan fingerprint density at radius 3 is 2.09 bits per heavy atom. The zero-order valence-corrected chi connectivity index (χ0v) is 14.7. The monoisotopic (exact) mass is 318 g/mol. The quantitative estimate of drug-likeness (QED) is 0.630. The van der Waals surface area contributed by atoms with E-state index in [1.54, 1.807) is 12.1 Å². The number of hydrogen-bond acceptors (Lipinski definition) is 1. The molecule has 2 fully saturated rings. The minimum absolute atomic E-state index is 0.218. The molecule has 2 heteroatoms. The van der Waals surface area contributed by atoms with Gasteiger partial charge in [0.1, 0.15) is 0 Å². The van der Waals surface area contributed by atoms with Gasteiger partial charge in [-0.3, -0.25) is 0 Å². The van der Waals surface area contributed by atoms with E-state index >= 15 is 0 Å². The van der Waals surface area contributed by atoms with Gasteiger partial charge in [-0.2, -0.15) is 0 Å². The lowest BCUT2D eigenvalue weighted by molar-refractivity contribution is 0.158. The summed E-state index contributed by atoms with van der Waals surface area (Å²) in [4.78, 5) is 0. The van der Waals surface area contributed by atoms with E-state index in [0.29, 0.717) is 11.7 Å². The third kappa shape index (κ3) is 3.89. The Hall–Kier alpha value is -1.05. The van der Waals surface area contributed by atoms with Gasteiger partial charge in [-0.05, 0) is 79.9 Å². The van der Waals surface area contributed by atoms with E-state index in [2.05, 4.69) is 13.0 Å². The highest BCUT2D eigenvalue weighted by Gasteiger charge is 2.31. The summed E-state index contributed by atoms with van der Waals surface area (Å²) in [5, 5.41) is 0. The maximum Gasteiger partial charge on any atom is 0.165 e. The Kier molecular flexibility index (Phi) is 5.61. The lowest BCUT2D eigenvalue weighted by atomic mass is 9.68. The van der Waals surface area contributed by atoms with Crippen molar-refractivity contribution in [3.05, 3.63) is 29.6 Å². The van der Waals surface area contributed by atoms with E-state index < -0.39 is 0 Å². The Labute approximate surface area is 140 Å². The van der Waals surface area contributed by atoms with Crippen molar-refractivity contribution < 1.29 is 9.13 Å². The summed E-state index contributed by atoms with van der Waals surface area (Å²) in [5.41, 5.74) is 1.16. The predicted octanol–water partition coefficient (Wildman–Crippen LogP) is 6.32. The molecule has 2 saturated carbocycles. The molecule has 0 heterocycles. The third-order valence-corrected chi connectivity index (χ3v) is 6.55. The molecule has 0 amide bonds. The van der Waals surface area contributed by atoms with Crippen LogP contribution >= 0.6 is 0 Å². The van der Waals surface area contributed by atoms with Crippen LogP contribution in [0.4, 0.5) is 4.39 Å². The third-order valence-electron chi connectivity index (χ3n) is 6.55. The van der Waals surface area contributed by atoms with E-state index in [1.165, 1.54) is 64.9 Å². The molecule has 0 aliphatic heterocycles. The first-order valence-corrected chi connectivity index (χ1v) is 9.54. The Morgan fingerprint density at radius 1 is 0.957 bits per heavy atom. The van der Waals surface area contributed by atoms with Crippen molar-refractivity contribution in [2.75, 3.05) is 7.11 Å². The van der Waals surface area contributed by atoms with Gasteiger partial charge in [0.25, 0.3) is 0 Å². The van der Waals surface area contributed by atoms with Crippen LogP contribution in [0.25, 0.3) is 0 Å². The largest absolute Gasteiger partial charge is 0.494 e. The summed E-state index contributed by atoms with van der Waals surface area (Å²) in [6.07, 6.45) is 12.3. The molecular formula is C21H31FO. The predicted molar refractivity (Wildman–Crippen MR) is 93.4 cm³/mol. The van der Waals surface area contributed by atoms with Gasteiger partial charge in [0.15, 0.2) is 11.6 Å². The van der Waals surface area contributed by atoms with Crippen molar-refractivity contribution >= 4 is 0 Å². The standard InChI is InChI=1S/C21H31FO/c1-3-15-4-6-16(7-5-15)17-8-10-18(11-9-17)19-12-13-21(23-2)20(22)14-19/h12-18H,3-11H2,1-2H3. The van der Waals surface area contributed by atoms with Gasteiger partial charge in [-0.1, -0.05) is 32.3 Å². The average molecular weight is 318 g/mol. The summed E-state index contributed by atoms with van der Waals surface area (Å²) in [6.45, 7) is 2.34. The van der Waals surface area contributed by atoms with E-state index in [9.17, 15) is 4.39 Å². The number of rotatable bonds is 4. The van der Waals surface area contributed by atoms with Crippen LogP contribution in [0.5, 0.6) is 5.75 Å². The molecule has 0 unspecified atom stereocenters. The van der Waals surface area contributed by atoms with Crippen molar-refractivity contribution in [2.45, 2.75) is 70.6 Å². The van der Waals surface area contributed by atoms with Crippen molar-refractivity contribution in [3.8, 4) is 5.75 Å². The lowest BCUT2D eigenvalue weighted by Gasteiger charge is -2.38. The molecule has 2 aliphatic carbocycles. The highest BCUT2D eigenvalue weighted by molar-refractivity contribution is 5.31. The molecule has 0 N–H and O–H groups in total. The number of ether oxygens (including phenoxy) is 1. The van der Waals surface area contributed by atoms with Crippen LogP contribution < -0.4 is 4.74 Å². The molecule has 1 nitrogen and oxygen atoms in total.